The van der Waals surface area contributed by atoms with Crippen molar-refractivity contribution in [3.8, 4) is 0 Å². The van der Waals surface area contributed by atoms with Crippen molar-refractivity contribution in [1.82, 2.24) is 19.4 Å². The molecular formula is C16H24IN5. The lowest BCUT2D eigenvalue weighted by Crippen LogP contribution is -2.35. The minimum Gasteiger partial charge on any atom is -0.349 e. The van der Waals surface area contributed by atoms with Crippen LogP contribution in [-0.2, 0) is 13.1 Å². The van der Waals surface area contributed by atoms with E-state index in [-0.39, 0.29) is 24.0 Å². The Morgan fingerprint density at radius 2 is 1.73 bits per heavy atom. The van der Waals surface area contributed by atoms with Gasteiger partial charge in [-0.15, -0.1) is 24.0 Å². The average molecular weight is 413 g/mol. The lowest BCUT2D eigenvalue weighted by molar-refractivity contribution is 0.478. The molecule has 0 N–H and O–H groups in total. The van der Waals surface area contributed by atoms with Crippen LogP contribution in [0.4, 0.5) is 0 Å². The minimum atomic E-state index is 0. The Labute approximate surface area is 149 Å². The zero-order chi connectivity index (χ0) is 15.2. The van der Waals surface area contributed by atoms with Crippen LogP contribution < -0.4 is 0 Å². The Morgan fingerprint density at radius 3 is 2.32 bits per heavy atom. The van der Waals surface area contributed by atoms with Crippen molar-refractivity contribution < 1.29 is 0 Å². The molecule has 1 aromatic heterocycles. The van der Waals surface area contributed by atoms with E-state index in [9.17, 15) is 0 Å². The molecule has 5 nitrogen and oxygen atoms in total. The van der Waals surface area contributed by atoms with Gasteiger partial charge in [0, 0.05) is 47.1 Å². The molecule has 0 spiro atoms. The average Bonchev–Trinajstić information content (AvgIpc) is 2.87. The molecule has 0 atom stereocenters. The number of guanidine groups is 1. The summed E-state index contributed by atoms with van der Waals surface area (Å²) in [6.45, 7) is 1.40. The summed E-state index contributed by atoms with van der Waals surface area (Å²) in [7, 11) is 7.98. The van der Waals surface area contributed by atoms with E-state index in [0.29, 0.717) is 6.54 Å². The molecule has 22 heavy (non-hydrogen) atoms. The molecule has 0 radical (unpaired) electrons. The van der Waals surface area contributed by atoms with Gasteiger partial charge in [-0.25, -0.2) is 9.98 Å². The number of hydrogen-bond donors (Lipinski definition) is 0. The summed E-state index contributed by atoms with van der Waals surface area (Å²) in [5.41, 5.74) is 1.26. The number of aliphatic imine (C=N–C) groups is 1. The molecule has 0 fully saturated rings. The first-order valence-electron chi connectivity index (χ1n) is 7.01. The maximum Gasteiger partial charge on any atom is 0.195 e. The van der Waals surface area contributed by atoms with Gasteiger partial charge in [0.05, 0.1) is 0 Å². The standard InChI is InChI=1S/C16H23N5.HI/c1-19(2)16(20(3)4)18-12-15-17-10-11-21(15)13-14-8-6-5-7-9-14;/h5-11H,12-13H2,1-4H3;1H. The second-order valence-corrected chi connectivity index (χ2v) is 5.36. The summed E-state index contributed by atoms with van der Waals surface area (Å²) in [5.74, 6) is 1.91. The number of benzene rings is 1. The fourth-order valence-electron chi connectivity index (χ4n) is 2.24. The van der Waals surface area contributed by atoms with Crippen LogP contribution in [0, 0.1) is 0 Å². The summed E-state index contributed by atoms with van der Waals surface area (Å²) < 4.78 is 2.14. The smallest absolute Gasteiger partial charge is 0.195 e. The fraction of sp³-hybridized carbons (Fsp3) is 0.375. The lowest BCUT2D eigenvalue weighted by atomic mass is 10.2. The topological polar surface area (TPSA) is 36.7 Å². The number of nitrogens with zero attached hydrogens (tertiary/aromatic N) is 5. The second kappa shape index (κ2) is 8.77. The van der Waals surface area contributed by atoms with Crippen molar-refractivity contribution >= 4 is 29.9 Å². The van der Waals surface area contributed by atoms with Gasteiger partial charge in [-0.2, -0.15) is 0 Å². The molecule has 0 bridgehead atoms. The zero-order valence-corrected chi connectivity index (χ0v) is 15.9. The van der Waals surface area contributed by atoms with Gasteiger partial charge in [0.25, 0.3) is 0 Å². The van der Waals surface area contributed by atoms with Crippen LogP contribution in [0.1, 0.15) is 11.4 Å². The van der Waals surface area contributed by atoms with Crippen LogP contribution >= 0.6 is 24.0 Å². The molecule has 2 aromatic rings. The Balaban J connectivity index is 0.00000242. The Hall–Kier alpha value is -1.57. The quantitative estimate of drug-likeness (QED) is 0.439. The van der Waals surface area contributed by atoms with Gasteiger partial charge in [-0.3, -0.25) is 0 Å². The first-order valence-corrected chi connectivity index (χ1v) is 7.01. The molecule has 2 rings (SSSR count). The highest BCUT2D eigenvalue weighted by Crippen LogP contribution is 2.07. The largest absolute Gasteiger partial charge is 0.349 e. The number of halogens is 1. The monoisotopic (exact) mass is 413 g/mol. The molecular weight excluding hydrogens is 389 g/mol. The van der Waals surface area contributed by atoms with Gasteiger partial charge in [-0.1, -0.05) is 30.3 Å². The van der Waals surface area contributed by atoms with Crippen LogP contribution in [0.2, 0.25) is 0 Å². The third-order valence-corrected chi connectivity index (χ3v) is 3.16. The van der Waals surface area contributed by atoms with E-state index in [4.69, 9.17) is 0 Å². The molecule has 0 amide bonds. The van der Waals surface area contributed by atoms with E-state index >= 15 is 0 Å². The highest BCUT2D eigenvalue weighted by molar-refractivity contribution is 14.0. The van der Waals surface area contributed by atoms with Crippen LogP contribution in [-0.4, -0.2) is 53.5 Å². The van der Waals surface area contributed by atoms with E-state index in [2.05, 4.69) is 38.8 Å². The van der Waals surface area contributed by atoms with Gasteiger partial charge in [-0.05, 0) is 5.56 Å². The van der Waals surface area contributed by atoms with Crippen molar-refractivity contribution in [2.75, 3.05) is 28.2 Å². The number of hydrogen-bond acceptors (Lipinski definition) is 2. The molecule has 0 unspecified atom stereocenters. The number of aromatic nitrogens is 2. The summed E-state index contributed by atoms with van der Waals surface area (Å²) in [4.78, 5) is 13.1. The van der Waals surface area contributed by atoms with Crippen LogP contribution in [0.15, 0.2) is 47.7 Å². The second-order valence-electron chi connectivity index (χ2n) is 5.36. The third kappa shape index (κ3) is 5.01. The maximum atomic E-state index is 4.65. The van der Waals surface area contributed by atoms with Gasteiger partial charge in [0.1, 0.15) is 12.4 Å². The summed E-state index contributed by atoms with van der Waals surface area (Å²) in [6, 6.07) is 10.4. The summed E-state index contributed by atoms with van der Waals surface area (Å²) in [5, 5.41) is 0. The van der Waals surface area contributed by atoms with Crippen molar-refractivity contribution in [3.05, 3.63) is 54.1 Å². The van der Waals surface area contributed by atoms with E-state index in [1.807, 2.05) is 56.5 Å². The SMILES string of the molecule is CN(C)C(=NCc1nccn1Cc1ccccc1)N(C)C.I. The molecule has 120 valence electrons. The van der Waals surface area contributed by atoms with Crippen LogP contribution in [0.3, 0.4) is 0 Å². The van der Waals surface area contributed by atoms with Crippen LogP contribution in [0.25, 0.3) is 0 Å². The highest BCUT2D eigenvalue weighted by Gasteiger charge is 2.07. The first-order chi connectivity index (χ1) is 10.1. The van der Waals surface area contributed by atoms with Crippen molar-refractivity contribution in [2.45, 2.75) is 13.1 Å². The van der Waals surface area contributed by atoms with Gasteiger partial charge < -0.3 is 14.4 Å². The van der Waals surface area contributed by atoms with Crippen molar-refractivity contribution in [3.63, 3.8) is 0 Å². The molecule has 1 aromatic carbocycles. The van der Waals surface area contributed by atoms with Crippen molar-refractivity contribution in [2.24, 2.45) is 4.99 Å². The first kappa shape index (κ1) is 18.5. The number of imidazole rings is 1. The molecule has 6 heteroatoms. The molecule has 0 aliphatic carbocycles. The highest BCUT2D eigenvalue weighted by atomic mass is 127. The Bertz CT molecular complexity index is 580. The lowest BCUT2D eigenvalue weighted by Gasteiger charge is -2.22. The van der Waals surface area contributed by atoms with Gasteiger partial charge >= 0.3 is 0 Å². The molecule has 0 aliphatic rings. The van der Waals surface area contributed by atoms with E-state index in [0.717, 1.165) is 18.3 Å². The zero-order valence-electron chi connectivity index (χ0n) is 13.6. The van der Waals surface area contributed by atoms with Crippen LogP contribution in [0.5, 0.6) is 0 Å². The normalized spacial score (nSPS) is 9.82. The van der Waals surface area contributed by atoms with Gasteiger partial charge in [0.2, 0.25) is 0 Å². The van der Waals surface area contributed by atoms with E-state index < -0.39 is 0 Å². The molecule has 0 saturated heterocycles. The Morgan fingerprint density at radius 1 is 1.09 bits per heavy atom. The Kier molecular flexibility index (Phi) is 7.37. The van der Waals surface area contributed by atoms with Crippen molar-refractivity contribution in [1.29, 1.82) is 0 Å². The summed E-state index contributed by atoms with van der Waals surface area (Å²) in [6.07, 6.45) is 3.83. The number of rotatable bonds is 4. The third-order valence-electron chi connectivity index (χ3n) is 3.16. The molecule has 1 heterocycles. The van der Waals surface area contributed by atoms with E-state index in [1.165, 1.54) is 5.56 Å². The fourth-order valence-corrected chi connectivity index (χ4v) is 2.24. The summed E-state index contributed by atoms with van der Waals surface area (Å²) >= 11 is 0. The van der Waals surface area contributed by atoms with Gasteiger partial charge in [0.15, 0.2) is 5.96 Å². The predicted octanol–water partition coefficient (Wildman–Crippen LogP) is 2.53. The predicted molar refractivity (Wildman–Crippen MR) is 102 cm³/mol. The molecule has 0 aliphatic heterocycles. The maximum absolute atomic E-state index is 4.65. The van der Waals surface area contributed by atoms with E-state index in [1.54, 1.807) is 0 Å². The molecule has 0 saturated carbocycles. The minimum absolute atomic E-state index is 0.